The van der Waals surface area contributed by atoms with Gasteiger partial charge in [-0.2, -0.15) is 0 Å². The first-order valence-electron chi connectivity index (χ1n) is 5.47. The molecule has 0 aromatic heterocycles. The summed E-state index contributed by atoms with van der Waals surface area (Å²) in [5.74, 6) is -0.377. The zero-order chi connectivity index (χ0) is 12.4. The summed E-state index contributed by atoms with van der Waals surface area (Å²) in [6, 6.07) is 4.96. The molecule has 0 amide bonds. The summed E-state index contributed by atoms with van der Waals surface area (Å²) in [5.41, 5.74) is 1.08. The molecule has 1 unspecified atom stereocenters. The molecule has 1 aromatic rings. The number of aromatic carboxylic acids is 1. The fraction of sp³-hybridized carbons (Fsp3) is 0.417. The largest absolute Gasteiger partial charge is 0.489 e. The second-order valence-corrected chi connectivity index (χ2v) is 4.08. The average Bonchev–Trinajstić information content (AvgIpc) is 2.32. The van der Waals surface area contributed by atoms with E-state index >= 15 is 0 Å². The Morgan fingerprint density at radius 3 is 3.00 bits per heavy atom. The van der Waals surface area contributed by atoms with Crippen LogP contribution in [-0.2, 0) is 0 Å². The van der Waals surface area contributed by atoms with Crippen molar-refractivity contribution in [2.45, 2.75) is 12.5 Å². The number of carboxylic acid groups (broad SMARTS) is 1. The lowest BCUT2D eigenvalue weighted by Gasteiger charge is -2.35. The van der Waals surface area contributed by atoms with Crippen LogP contribution in [0.4, 0.5) is 5.69 Å². The zero-order valence-electron chi connectivity index (χ0n) is 9.59. The van der Waals surface area contributed by atoms with Crippen LogP contribution in [0.25, 0.3) is 0 Å². The molecular formula is C12H15NO4. The number of anilines is 1. The van der Waals surface area contributed by atoms with Crippen molar-refractivity contribution in [3.05, 3.63) is 23.8 Å². The molecule has 2 N–H and O–H groups in total. The quantitative estimate of drug-likeness (QED) is 0.819. The summed E-state index contributed by atoms with van der Waals surface area (Å²) in [5, 5.41) is 17.8. The fourth-order valence-electron chi connectivity index (χ4n) is 1.97. The predicted molar refractivity (Wildman–Crippen MR) is 62.8 cm³/mol. The molecule has 1 aliphatic rings. The average molecular weight is 237 g/mol. The Bertz CT molecular complexity index is 433. The molecule has 0 radical (unpaired) electrons. The van der Waals surface area contributed by atoms with E-state index in [0.29, 0.717) is 18.8 Å². The second kappa shape index (κ2) is 4.63. The Kier molecular flexibility index (Phi) is 3.19. The van der Waals surface area contributed by atoms with Gasteiger partial charge in [-0.1, -0.05) is 0 Å². The van der Waals surface area contributed by atoms with E-state index in [9.17, 15) is 4.79 Å². The van der Waals surface area contributed by atoms with Gasteiger partial charge < -0.3 is 19.8 Å². The van der Waals surface area contributed by atoms with Crippen LogP contribution in [0.15, 0.2) is 18.2 Å². The molecule has 0 spiro atoms. The van der Waals surface area contributed by atoms with E-state index in [2.05, 4.69) is 0 Å². The van der Waals surface area contributed by atoms with E-state index in [1.165, 1.54) is 6.07 Å². The monoisotopic (exact) mass is 237 g/mol. The summed E-state index contributed by atoms with van der Waals surface area (Å²) in [6.07, 6.45) is 0.636. The number of nitrogens with zero attached hydrogens (tertiary/aromatic N) is 1. The smallest absolute Gasteiger partial charge is 0.335 e. The second-order valence-electron chi connectivity index (χ2n) is 4.08. The zero-order valence-corrected chi connectivity index (χ0v) is 9.59. The van der Waals surface area contributed by atoms with Crippen LogP contribution in [0, 0.1) is 0 Å². The molecule has 1 aromatic carbocycles. The van der Waals surface area contributed by atoms with Crippen LogP contribution < -0.4 is 9.64 Å². The lowest BCUT2D eigenvalue weighted by molar-refractivity contribution is 0.0696. The third-order valence-corrected chi connectivity index (χ3v) is 3.03. The lowest BCUT2D eigenvalue weighted by atomic mass is 10.1. The first-order chi connectivity index (χ1) is 8.13. The first kappa shape index (κ1) is 11.7. The molecule has 5 heteroatoms. The molecular weight excluding hydrogens is 222 g/mol. The summed E-state index contributed by atoms with van der Waals surface area (Å²) in [7, 11) is 1.92. The third kappa shape index (κ3) is 2.19. The molecule has 0 saturated heterocycles. The minimum absolute atomic E-state index is 0.112. The van der Waals surface area contributed by atoms with E-state index in [1.54, 1.807) is 12.1 Å². The van der Waals surface area contributed by atoms with Crippen molar-refractivity contribution in [3.8, 4) is 5.75 Å². The molecule has 17 heavy (non-hydrogen) atoms. The predicted octanol–water partition coefficient (Wildman–Crippen LogP) is 0.964. The number of aliphatic hydroxyl groups excluding tert-OH is 1. The van der Waals surface area contributed by atoms with Crippen LogP contribution >= 0.6 is 0 Å². The van der Waals surface area contributed by atoms with E-state index in [-0.39, 0.29) is 18.2 Å². The van der Waals surface area contributed by atoms with Crippen molar-refractivity contribution in [1.29, 1.82) is 0 Å². The van der Waals surface area contributed by atoms with E-state index in [1.807, 2.05) is 11.9 Å². The van der Waals surface area contributed by atoms with Crippen molar-refractivity contribution in [3.63, 3.8) is 0 Å². The van der Waals surface area contributed by atoms with Gasteiger partial charge in [-0.15, -0.1) is 0 Å². The highest BCUT2D eigenvalue weighted by Crippen LogP contribution is 2.34. The molecule has 5 nitrogen and oxygen atoms in total. The maximum absolute atomic E-state index is 10.8. The Morgan fingerprint density at radius 2 is 2.35 bits per heavy atom. The van der Waals surface area contributed by atoms with Crippen molar-refractivity contribution >= 4 is 11.7 Å². The number of hydrogen-bond acceptors (Lipinski definition) is 4. The molecule has 0 saturated carbocycles. The first-order valence-corrected chi connectivity index (χ1v) is 5.47. The van der Waals surface area contributed by atoms with Gasteiger partial charge in [0, 0.05) is 13.7 Å². The topological polar surface area (TPSA) is 70.0 Å². The summed E-state index contributed by atoms with van der Waals surface area (Å²) in [6.45, 7) is 0.577. The summed E-state index contributed by atoms with van der Waals surface area (Å²) in [4.78, 5) is 12.8. The SMILES string of the molecule is CN1c2ccc(C(=O)O)cc2OCC1CCO. The molecule has 1 atom stereocenters. The van der Waals surface area contributed by atoms with Crippen LogP contribution in [0.5, 0.6) is 5.75 Å². The minimum Gasteiger partial charge on any atom is -0.489 e. The van der Waals surface area contributed by atoms with Gasteiger partial charge in [-0.25, -0.2) is 4.79 Å². The van der Waals surface area contributed by atoms with Gasteiger partial charge in [0.1, 0.15) is 12.4 Å². The number of rotatable bonds is 3. The molecule has 1 aliphatic heterocycles. The van der Waals surface area contributed by atoms with E-state index in [4.69, 9.17) is 14.9 Å². The molecule has 0 fully saturated rings. The van der Waals surface area contributed by atoms with Gasteiger partial charge in [0.2, 0.25) is 0 Å². The van der Waals surface area contributed by atoms with Crippen molar-refractivity contribution in [2.24, 2.45) is 0 Å². The molecule has 0 aliphatic carbocycles. The molecule has 0 bridgehead atoms. The van der Waals surface area contributed by atoms with Gasteiger partial charge in [0.15, 0.2) is 0 Å². The van der Waals surface area contributed by atoms with Crippen LogP contribution in [-0.4, -0.2) is 42.5 Å². The van der Waals surface area contributed by atoms with Gasteiger partial charge in [0.25, 0.3) is 0 Å². The minimum atomic E-state index is -0.962. The summed E-state index contributed by atoms with van der Waals surface area (Å²) >= 11 is 0. The maximum atomic E-state index is 10.8. The van der Waals surface area contributed by atoms with Gasteiger partial charge >= 0.3 is 5.97 Å². The maximum Gasteiger partial charge on any atom is 0.335 e. The van der Waals surface area contributed by atoms with Crippen molar-refractivity contribution < 1.29 is 19.7 Å². The Labute approximate surface area is 99.2 Å². The standard InChI is InChI=1S/C12H15NO4/c1-13-9(4-5-14)7-17-11-6-8(12(15)16)2-3-10(11)13/h2-3,6,9,14H,4-5,7H2,1H3,(H,15,16). The molecule has 2 rings (SSSR count). The van der Waals surface area contributed by atoms with Gasteiger partial charge in [0.05, 0.1) is 17.3 Å². The highest BCUT2D eigenvalue weighted by Gasteiger charge is 2.24. The number of carboxylic acids is 1. The molecule has 92 valence electrons. The lowest BCUT2D eigenvalue weighted by Crippen LogP contribution is -2.41. The van der Waals surface area contributed by atoms with Gasteiger partial charge in [-0.3, -0.25) is 0 Å². The van der Waals surface area contributed by atoms with Crippen molar-refractivity contribution in [1.82, 2.24) is 0 Å². The molecule has 1 heterocycles. The number of aliphatic hydroxyl groups is 1. The number of carbonyl (C=O) groups is 1. The van der Waals surface area contributed by atoms with Crippen LogP contribution in [0.2, 0.25) is 0 Å². The normalized spacial score (nSPS) is 18.5. The highest BCUT2D eigenvalue weighted by atomic mass is 16.5. The van der Waals surface area contributed by atoms with Crippen molar-refractivity contribution in [2.75, 3.05) is 25.2 Å². The third-order valence-electron chi connectivity index (χ3n) is 3.03. The van der Waals surface area contributed by atoms with E-state index < -0.39 is 5.97 Å². The Morgan fingerprint density at radius 1 is 1.59 bits per heavy atom. The Hall–Kier alpha value is -1.75. The Balaban J connectivity index is 2.29. The van der Waals surface area contributed by atoms with Gasteiger partial charge in [-0.05, 0) is 24.6 Å². The number of fused-ring (bicyclic) bond motifs is 1. The fourth-order valence-corrected chi connectivity index (χ4v) is 1.97. The highest BCUT2D eigenvalue weighted by molar-refractivity contribution is 5.89. The van der Waals surface area contributed by atoms with Crippen LogP contribution in [0.1, 0.15) is 16.8 Å². The van der Waals surface area contributed by atoms with Crippen LogP contribution in [0.3, 0.4) is 0 Å². The van der Waals surface area contributed by atoms with E-state index in [0.717, 1.165) is 5.69 Å². The number of benzene rings is 1. The number of hydrogen-bond donors (Lipinski definition) is 2. The summed E-state index contributed by atoms with van der Waals surface area (Å²) < 4.78 is 5.53. The number of ether oxygens (including phenoxy) is 1. The number of likely N-dealkylation sites (N-methyl/N-ethyl adjacent to an activating group) is 1.